The van der Waals surface area contributed by atoms with Crippen molar-refractivity contribution in [3.8, 4) is 5.75 Å². The number of alkyl halides is 9. The molecule has 3 aromatic rings. The molecule has 0 amide bonds. The predicted molar refractivity (Wildman–Crippen MR) is 152 cm³/mol. The minimum Gasteiger partial charge on any atom is -0.494 e. The van der Waals surface area contributed by atoms with E-state index in [1.807, 2.05) is 0 Å². The summed E-state index contributed by atoms with van der Waals surface area (Å²) in [6.07, 6.45) is -0.797. The summed E-state index contributed by atoms with van der Waals surface area (Å²) in [6, 6.07) is 30.3. The maximum atomic E-state index is 12.2. The van der Waals surface area contributed by atoms with E-state index < -0.39 is 41.3 Å². The molecule has 0 spiro atoms. The van der Waals surface area contributed by atoms with E-state index in [0.717, 1.165) is 18.8 Å². The fourth-order valence-corrected chi connectivity index (χ4v) is 6.45. The molecule has 244 valence electrons. The lowest BCUT2D eigenvalue weighted by atomic mass is 10.1. The lowest BCUT2D eigenvalue weighted by molar-refractivity contribution is -0.382. The highest BCUT2D eigenvalue weighted by Gasteiger charge is 2.85. The van der Waals surface area contributed by atoms with Crippen molar-refractivity contribution in [3.05, 3.63) is 84.9 Å². The lowest BCUT2D eigenvalue weighted by Crippen LogP contribution is -2.63. The van der Waals surface area contributed by atoms with Gasteiger partial charge < -0.3 is 4.74 Å². The van der Waals surface area contributed by atoms with Gasteiger partial charge in [0.05, 0.1) is 6.61 Å². The minimum atomic E-state index is -7.37. The van der Waals surface area contributed by atoms with Crippen molar-refractivity contribution in [3.63, 3.8) is 0 Å². The van der Waals surface area contributed by atoms with Crippen molar-refractivity contribution in [2.75, 3.05) is 6.61 Å². The molecule has 0 aliphatic rings. The summed E-state index contributed by atoms with van der Waals surface area (Å²) in [6.45, 7) is 3.06. The average molecular weight is 677 g/mol. The maximum absolute atomic E-state index is 12.2. The molecule has 44 heavy (non-hydrogen) atoms. The number of hydrogen-bond acceptors (Lipinski definition) is 3. The molecule has 0 aliphatic carbocycles. The van der Waals surface area contributed by atoms with Crippen LogP contribution in [0.5, 0.6) is 5.75 Å². The monoisotopic (exact) mass is 676 g/mol. The molecule has 0 heterocycles. The van der Waals surface area contributed by atoms with Crippen molar-refractivity contribution in [2.45, 2.75) is 62.3 Å². The molecule has 0 saturated carbocycles. The molecule has 0 radical (unpaired) electrons. The first-order valence-electron chi connectivity index (χ1n) is 13.2. The van der Waals surface area contributed by atoms with E-state index in [9.17, 15) is 47.9 Å². The largest absolute Gasteiger partial charge is 0.494 e. The molecule has 0 unspecified atom stereocenters. The Morgan fingerprint density at radius 3 is 1.48 bits per heavy atom. The molecule has 4 nitrogen and oxygen atoms in total. The van der Waals surface area contributed by atoms with Gasteiger partial charge in [-0.05, 0) is 42.4 Å². The first-order chi connectivity index (χ1) is 20.4. The van der Waals surface area contributed by atoms with E-state index in [1.54, 1.807) is 0 Å². The van der Waals surface area contributed by atoms with Crippen molar-refractivity contribution in [2.24, 2.45) is 0 Å². The number of unbranched alkanes of at least 4 members (excludes halogenated alkanes) is 4. The van der Waals surface area contributed by atoms with Crippen molar-refractivity contribution in [1.29, 1.82) is 0 Å². The number of halogens is 9. The highest BCUT2D eigenvalue weighted by molar-refractivity contribution is 7.87. The van der Waals surface area contributed by atoms with Gasteiger partial charge in [-0.25, -0.2) is 0 Å². The third kappa shape index (κ3) is 9.10. The molecule has 15 heteroatoms. The Bertz CT molecular complexity index is 1350. The second-order valence-corrected chi connectivity index (χ2v) is 13.1. The van der Waals surface area contributed by atoms with Crippen LogP contribution < -0.4 is 20.7 Å². The molecule has 3 aromatic carbocycles. The molecule has 0 atom stereocenters. The smallest absolute Gasteiger partial charge is 0.460 e. The molecule has 3 rings (SSSR count). The quantitative estimate of drug-likeness (QED) is 0.0861. The Kier molecular flexibility index (Phi) is 13.1. The number of rotatable bonds is 13. The Hall–Kier alpha value is -2.83. The maximum Gasteiger partial charge on any atom is 0.460 e. The van der Waals surface area contributed by atoms with Crippen LogP contribution in [0, 0.1) is 0 Å². The molecular formula is C29H30F9O4PS. The number of benzene rings is 3. The fourth-order valence-electron chi connectivity index (χ4n) is 3.71. The average Bonchev–Trinajstić information content (AvgIpc) is 2.96. The summed E-state index contributed by atoms with van der Waals surface area (Å²) < 4.78 is 140. The molecule has 1 N–H and O–H groups in total. The molecule has 0 fully saturated rings. The Labute approximate surface area is 250 Å². The molecular weight excluding hydrogens is 646 g/mol. The highest BCUT2D eigenvalue weighted by Crippen LogP contribution is 2.54. The van der Waals surface area contributed by atoms with Crippen LogP contribution in [0.4, 0.5) is 39.5 Å². The predicted octanol–water partition coefficient (Wildman–Crippen LogP) is 8.09. The summed E-state index contributed by atoms with van der Waals surface area (Å²) in [5, 5.41) is -2.89. The van der Waals surface area contributed by atoms with Gasteiger partial charge in [0.1, 0.15) is 5.75 Å². The van der Waals surface area contributed by atoms with Gasteiger partial charge in [-0.3, -0.25) is 4.55 Å². The summed E-state index contributed by atoms with van der Waals surface area (Å²) in [4.78, 5) is 0. The summed E-state index contributed by atoms with van der Waals surface area (Å²) >= 11 is 0. The first-order valence-corrected chi connectivity index (χ1v) is 16.0. The first kappa shape index (κ1) is 37.4. The van der Waals surface area contributed by atoms with Gasteiger partial charge in [-0.15, -0.1) is 0 Å². The van der Waals surface area contributed by atoms with Crippen LogP contribution in [-0.4, -0.2) is 42.9 Å². The molecule has 0 saturated heterocycles. The lowest BCUT2D eigenvalue weighted by Gasteiger charge is -2.31. The summed E-state index contributed by atoms with van der Waals surface area (Å²) in [7, 11) is -7.70. The van der Waals surface area contributed by atoms with Gasteiger partial charge >= 0.3 is 33.4 Å². The van der Waals surface area contributed by atoms with E-state index in [-0.39, 0.29) is 0 Å². The van der Waals surface area contributed by atoms with Crippen molar-refractivity contribution < 1.29 is 57.2 Å². The SMILES string of the molecule is CCCCCCCOc1ccc(P(c2ccccc2)c2ccccc2)cc1.O=S(=O)(O)C(F)(F)C(F)(F)C(F)(F)C(F)(F)F. The van der Waals surface area contributed by atoms with Crippen LogP contribution in [0.15, 0.2) is 84.9 Å². The van der Waals surface area contributed by atoms with Gasteiger partial charge in [0.25, 0.3) is 0 Å². The van der Waals surface area contributed by atoms with Gasteiger partial charge in [0.2, 0.25) is 0 Å². The minimum absolute atomic E-state index is 0.537. The Balaban J connectivity index is 0.000000345. The van der Waals surface area contributed by atoms with Gasteiger partial charge in [-0.2, -0.15) is 47.9 Å². The third-order valence-electron chi connectivity index (χ3n) is 6.08. The molecule has 0 bridgehead atoms. The fraction of sp³-hybridized carbons (Fsp3) is 0.379. The van der Waals surface area contributed by atoms with Gasteiger partial charge in [0.15, 0.2) is 0 Å². The topological polar surface area (TPSA) is 63.6 Å². The standard InChI is InChI=1S/C25H29OP.C4HF9O3S/c1-2-3-4-5-12-21-26-22-17-19-25(20-18-22)27(23-13-8-6-9-14-23)24-15-10-7-11-16-24;5-1(6,3(9,10)11)2(7,8)4(12,13)17(14,15)16/h6-11,13-20H,2-5,12,21H2,1H3;(H,14,15,16). The highest BCUT2D eigenvalue weighted by atomic mass is 32.2. The van der Waals surface area contributed by atoms with E-state index in [2.05, 4.69) is 91.9 Å². The van der Waals surface area contributed by atoms with Gasteiger partial charge in [0, 0.05) is 0 Å². The van der Waals surface area contributed by atoms with E-state index in [0.29, 0.717) is 0 Å². The number of hydrogen-bond donors (Lipinski definition) is 1. The number of ether oxygens (including phenoxy) is 1. The second-order valence-electron chi connectivity index (χ2n) is 9.40. The zero-order valence-electron chi connectivity index (χ0n) is 23.3. The second kappa shape index (κ2) is 15.4. The van der Waals surface area contributed by atoms with Crippen LogP contribution in [0.3, 0.4) is 0 Å². The molecule has 0 aliphatic heterocycles. The van der Waals surface area contributed by atoms with Crippen LogP contribution in [0.25, 0.3) is 0 Å². The summed E-state index contributed by atoms with van der Waals surface area (Å²) in [5.41, 5.74) is 0. The zero-order chi connectivity index (χ0) is 33.2. The van der Waals surface area contributed by atoms with E-state index in [4.69, 9.17) is 9.29 Å². The van der Waals surface area contributed by atoms with E-state index >= 15 is 0 Å². The van der Waals surface area contributed by atoms with Crippen molar-refractivity contribution >= 4 is 34.0 Å². The summed E-state index contributed by atoms with van der Waals surface area (Å²) in [5.74, 6) is -13.7. The van der Waals surface area contributed by atoms with Crippen LogP contribution in [-0.2, 0) is 10.1 Å². The van der Waals surface area contributed by atoms with E-state index in [1.165, 1.54) is 41.6 Å². The Morgan fingerprint density at radius 2 is 1.07 bits per heavy atom. The van der Waals surface area contributed by atoms with Crippen LogP contribution in [0.1, 0.15) is 39.0 Å². The van der Waals surface area contributed by atoms with Crippen LogP contribution in [0.2, 0.25) is 0 Å². The Morgan fingerprint density at radius 1 is 0.636 bits per heavy atom. The van der Waals surface area contributed by atoms with Gasteiger partial charge in [-0.1, -0.05) is 105 Å². The van der Waals surface area contributed by atoms with Crippen molar-refractivity contribution in [1.82, 2.24) is 0 Å². The van der Waals surface area contributed by atoms with Crippen LogP contribution >= 0.6 is 7.92 Å². The molecule has 0 aromatic heterocycles. The normalized spacial score (nSPS) is 12.9. The third-order valence-corrected chi connectivity index (χ3v) is 9.43. The zero-order valence-corrected chi connectivity index (χ0v) is 25.0.